The van der Waals surface area contributed by atoms with Crippen LogP contribution in [0.5, 0.6) is 0 Å². The number of hydrogen-bond donors (Lipinski definition) is 1. The van der Waals surface area contributed by atoms with E-state index in [0.717, 1.165) is 6.61 Å². The van der Waals surface area contributed by atoms with Gasteiger partial charge in [0.05, 0.1) is 6.61 Å². The largest absolute Gasteiger partial charge is 0.382 e. The summed E-state index contributed by atoms with van der Waals surface area (Å²) in [6.07, 6.45) is 0. The van der Waals surface area contributed by atoms with Crippen molar-refractivity contribution in [2.75, 3.05) is 11.9 Å². The maximum Gasteiger partial charge on any atom is 0.0736 e. The highest BCUT2D eigenvalue weighted by Gasteiger charge is 2.08. The number of benzene rings is 1. The normalized spacial score (nSPS) is 12.8. The lowest BCUT2D eigenvalue weighted by Gasteiger charge is -2.21. The van der Waals surface area contributed by atoms with Crippen molar-refractivity contribution in [3.63, 3.8) is 0 Å². The maximum atomic E-state index is 5.46. The molecule has 1 atom stereocenters. The first-order valence-electron chi connectivity index (χ1n) is 6.07. The van der Waals surface area contributed by atoms with Gasteiger partial charge in [0.25, 0.3) is 0 Å². The first-order valence-corrected chi connectivity index (χ1v) is 6.07. The monoisotopic (exact) mass is 221 g/mol. The van der Waals surface area contributed by atoms with E-state index in [9.17, 15) is 0 Å². The van der Waals surface area contributed by atoms with Gasteiger partial charge in [-0.25, -0.2) is 0 Å². The molecule has 2 nitrogen and oxygen atoms in total. The Morgan fingerprint density at radius 1 is 1.19 bits per heavy atom. The molecule has 1 aromatic carbocycles. The molecule has 1 N–H and O–H groups in total. The SMILES string of the molecule is CCOCc1ccccc1NC(C)C(C)C. The van der Waals surface area contributed by atoms with Gasteiger partial charge in [-0.3, -0.25) is 0 Å². The number of rotatable bonds is 6. The van der Waals surface area contributed by atoms with Crippen molar-refractivity contribution in [1.82, 2.24) is 0 Å². The van der Waals surface area contributed by atoms with Gasteiger partial charge < -0.3 is 10.1 Å². The van der Waals surface area contributed by atoms with E-state index in [-0.39, 0.29) is 0 Å². The highest BCUT2D eigenvalue weighted by molar-refractivity contribution is 5.51. The van der Waals surface area contributed by atoms with Crippen LogP contribution in [0.15, 0.2) is 24.3 Å². The second-order valence-corrected chi connectivity index (χ2v) is 4.47. The minimum absolute atomic E-state index is 0.475. The Kier molecular flexibility index (Phi) is 5.33. The van der Waals surface area contributed by atoms with E-state index in [4.69, 9.17) is 4.74 Å². The molecule has 1 unspecified atom stereocenters. The number of nitrogens with one attached hydrogen (secondary N) is 1. The molecule has 0 aliphatic carbocycles. The summed E-state index contributed by atoms with van der Waals surface area (Å²) in [5.74, 6) is 0.625. The van der Waals surface area contributed by atoms with Gasteiger partial charge in [0, 0.05) is 23.9 Å². The van der Waals surface area contributed by atoms with Gasteiger partial charge in [0.15, 0.2) is 0 Å². The van der Waals surface area contributed by atoms with Crippen LogP contribution in [-0.4, -0.2) is 12.6 Å². The van der Waals surface area contributed by atoms with Crippen LogP contribution in [0.2, 0.25) is 0 Å². The van der Waals surface area contributed by atoms with Crippen LogP contribution in [0.25, 0.3) is 0 Å². The van der Waals surface area contributed by atoms with Crippen LogP contribution in [0.3, 0.4) is 0 Å². The quantitative estimate of drug-likeness (QED) is 0.791. The number of anilines is 1. The second kappa shape index (κ2) is 6.54. The molecule has 0 spiro atoms. The Morgan fingerprint density at radius 3 is 2.50 bits per heavy atom. The van der Waals surface area contributed by atoms with E-state index in [1.165, 1.54) is 11.3 Å². The topological polar surface area (TPSA) is 21.3 Å². The second-order valence-electron chi connectivity index (χ2n) is 4.47. The van der Waals surface area contributed by atoms with Gasteiger partial charge >= 0.3 is 0 Å². The Morgan fingerprint density at radius 2 is 1.88 bits per heavy atom. The predicted octanol–water partition coefficient (Wildman–Crippen LogP) is 3.68. The van der Waals surface area contributed by atoms with Gasteiger partial charge in [-0.05, 0) is 25.8 Å². The molecule has 0 bridgehead atoms. The molecular weight excluding hydrogens is 198 g/mol. The van der Waals surface area contributed by atoms with E-state index in [1.54, 1.807) is 0 Å². The summed E-state index contributed by atoms with van der Waals surface area (Å²) in [5, 5.41) is 3.54. The summed E-state index contributed by atoms with van der Waals surface area (Å²) in [5.41, 5.74) is 2.43. The lowest BCUT2D eigenvalue weighted by atomic mass is 10.1. The summed E-state index contributed by atoms with van der Waals surface area (Å²) in [4.78, 5) is 0. The molecule has 0 heterocycles. The van der Waals surface area contributed by atoms with Gasteiger partial charge in [-0.1, -0.05) is 32.0 Å². The molecule has 1 aromatic rings. The lowest BCUT2D eigenvalue weighted by molar-refractivity contribution is 0.134. The van der Waals surface area contributed by atoms with Crippen LogP contribution in [0.4, 0.5) is 5.69 Å². The molecule has 0 saturated carbocycles. The Labute approximate surface area is 99.0 Å². The zero-order chi connectivity index (χ0) is 12.0. The smallest absolute Gasteiger partial charge is 0.0736 e. The highest BCUT2D eigenvalue weighted by atomic mass is 16.5. The summed E-state index contributed by atoms with van der Waals surface area (Å²) in [6, 6.07) is 8.82. The molecule has 0 saturated heterocycles. The van der Waals surface area contributed by atoms with Crippen molar-refractivity contribution in [3.8, 4) is 0 Å². The molecule has 1 rings (SSSR count). The third kappa shape index (κ3) is 3.86. The third-order valence-electron chi connectivity index (χ3n) is 2.86. The predicted molar refractivity (Wildman–Crippen MR) is 69.7 cm³/mol. The van der Waals surface area contributed by atoms with Crippen LogP contribution in [0, 0.1) is 5.92 Å². The van der Waals surface area contributed by atoms with Crippen LogP contribution >= 0.6 is 0 Å². The number of para-hydroxylation sites is 1. The Hall–Kier alpha value is -1.02. The van der Waals surface area contributed by atoms with E-state index in [0.29, 0.717) is 18.6 Å². The van der Waals surface area contributed by atoms with Crippen molar-refractivity contribution in [2.45, 2.75) is 40.3 Å². The zero-order valence-electron chi connectivity index (χ0n) is 10.8. The molecule has 90 valence electrons. The number of hydrogen-bond acceptors (Lipinski definition) is 2. The first-order chi connectivity index (χ1) is 7.65. The molecule has 0 aliphatic rings. The third-order valence-corrected chi connectivity index (χ3v) is 2.86. The van der Waals surface area contributed by atoms with Crippen molar-refractivity contribution in [2.24, 2.45) is 5.92 Å². The molecular formula is C14H23NO. The van der Waals surface area contributed by atoms with Crippen molar-refractivity contribution < 1.29 is 4.74 Å². The lowest BCUT2D eigenvalue weighted by Crippen LogP contribution is -2.22. The van der Waals surface area contributed by atoms with Gasteiger partial charge in [-0.2, -0.15) is 0 Å². The standard InChI is InChI=1S/C14H23NO/c1-5-16-10-13-8-6-7-9-14(13)15-12(4)11(2)3/h6-9,11-12,15H,5,10H2,1-4H3. The Balaban J connectivity index is 2.70. The van der Waals surface area contributed by atoms with E-state index in [2.05, 4.69) is 50.4 Å². The molecule has 0 aromatic heterocycles. The summed E-state index contributed by atoms with van der Waals surface area (Å²) in [6.45, 7) is 10.1. The fraction of sp³-hybridized carbons (Fsp3) is 0.571. The number of ether oxygens (including phenoxy) is 1. The average molecular weight is 221 g/mol. The first kappa shape index (κ1) is 13.0. The summed E-state index contributed by atoms with van der Waals surface area (Å²) >= 11 is 0. The average Bonchev–Trinajstić information content (AvgIpc) is 2.27. The summed E-state index contributed by atoms with van der Waals surface area (Å²) in [7, 11) is 0. The van der Waals surface area contributed by atoms with Crippen LogP contribution in [-0.2, 0) is 11.3 Å². The van der Waals surface area contributed by atoms with E-state index < -0.39 is 0 Å². The molecule has 2 heteroatoms. The van der Waals surface area contributed by atoms with Crippen molar-refractivity contribution >= 4 is 5.69 Å². The Bertz CT molecular complexity index is 309. The molecule has 0 fully saturated rings. The van der Waals surface area contributed by atoms with Gasteiger partial charge in [0.1, 0.15) is 0 Å². The highest BCUT2D eigenvalue weighted by Crippen LogP contribution is 2.18. The molecule has 0 amide bonds. The van der Waals surface area contributed by atoms with Gasteiger partial charge in [0.2, 0.25) is 0 Å². The fourth-order valence-corrected chi connectivity index (χ4v) is 1.41. The minimum atomic E-state index is 0.475. The van der Waals surface area contributed by atoms with Crippen LogP contribution in [0.1, 0.15) is 33.3 Å². The molecule has 0 aliphatic heterocycles. The van der Waals surface area contributed by atoms with E-state index in [1.807, 2.05) is 6.92 Å². The van der Waals surface area contributed by atoms with Crippen LogP contribution < -0.4 is 5.32 Å². The van der Waals surface area contributed by atoms with Gasteiger partial charge in [-0.15, -0.1) is 0 Å². The van der Waals surface area contributed by atoms with Crippen molar-refractivity contribution in [1.29, 1.82) is 0 Å². The zero-order valence-corrected chi connectivity index (χ0v) is 10.8. The van der Waals surface area contributed by atoms with Crippen molar-refractivity contribution in [3.05, 3.63) is 29.8 Å². The summed E-state index contributed by atoms with van der Waals surface area (Å²) < 4.78 is 5.46. The fourth-order valence-electron chi connectivity index (χ4n) is 1.41. The minimum Gasteiger partial charge on any atom is -0.382 e. The maximum absolute atomic E-state index is 5.46. The molecule has 0 radical (unpaired) electrons. The van der Waals surface area contributed by atoms with E-state index >= 15 is 0 Å². The molecule has 16 heavy (non-hydrogen) atoms.